The van der Waals surface area contributed by atoms with Crippen molar-refractivity contribution in [2.75, 3.05) is 4.90 Å². The molecule has 58 heavy (non-hydrogen) atoms. The molecule has 1 heteroatoms. The molecule has 0 fully saturated rings. The molecule has 270 valence electrons. The van der Waals surface area contributed by atoms with Crippen LogP contribution in [0.2, 0.25) is 0 Å². The van der Waals surface area contributed by atoms with E-state index in [9.17, 15) is 0 Å². The van der Waals surface area contributed by atoms with Crippen LogP contribution in [0.5, 0.6) is 0 Å². The van der Waals surface area contributed by atoms with Gasteiger partial charge in [0.25, 0.3) is 0 Å². The second-order valence-corrected chi connectivity index (χ2v) is 15.6. The van der Waals surface area contributed by atoms with Gasteiger partial charge in [-0.1, -0.05) is 194 Å². The topological polar surface area (TPSA) is 3.24 Å². The van der Waals surface area contributed by atoms with Crippen LogP contribution in [0.15, 0.2) is 224 Å². The minimum absolute atomic E-state index is 0.486. The summed E-state index contributed by atoms with van der Waals surface area (Å²) in [4.78, 5) is 2.50. The Morgan fingerprint density at radius 2 is 0.638 bits per heavy atom. The van der Waals surface area contributed by atoms with Crippen molar-refractivity contribution in [3.8, 4) is 44.5 Å². The van der Waals surface area contributed by atoms with Crippen molar-refractivity contribution in [3.05, 3.63) is 247 Å². The van der Waals surface area contributed by atoms with Crippen molar-refractivity contribution in [2.24, 2.45) is 0 Å². The average molecular weight is 736 g/mol. The summed E-state index contributed by atoms with van der Waals surface area (Å²) < 4.78 is 0. The van der Waals surface area contributed by atoms with E-state index in [-0.39, 0.29) is 0 Å². The van der Waals surface area contributed by atoms with Gasteiger partial charge in [0.15, 0.2) is 0 Å². The summed E-state index contributed by atoms with van der Waals surface area (Å²) in [6.07, 6.45) is 0. The molecule has 2 aliphatic carbocycles. The van der Waals surface area contributed by atoms with Crippen molar-refractivity contribution in [1.82, 2.24) is 0 Å². The van der Waals surface area contributed by atoms with Crippen LogP contribution in [0.1, 0.15) is 22.3 Å². The van der Waals surface area contributed by atoms with Crippen molar-refractivity contribution in [2.45, 2.75) is 5.41 Å². The lowest BCUT2D eigenvalue weighted by atomic mass is 9.70. The zero-order valence-corrected chi connectivity index (χ0v) is 31.8. The number of hydrogen-bond acceptors (Lipinski definition) is 1. The Hall–Kier alpha value is -7.48. The summed E-state index contributed by atoms with van der Waals surface area (Å²) in [5, 5.41) is 5.02. The first-order valence-corrected chi connectivity index (χ1v) is 20.2. The minimum atomic E-state index is -0.486. The van der Waals surface area contributed by atoms with E-state index in [0.29, 0.717) is 0 Å². The van der Waals surface area contributed by atoms with Gasteiger partial charge in [-0.3, -0.25) is 0 Å². The van der Waals surface area contributed by atoms with Gasteiger partial charge in [-0.2, -0.15) is 0 Å². The molecular weight excluding hydrogens is 699 g/mol. The lowest BCUT2D eigenvalue weighted by Gasteiger charge is -2.36. The van der Waals surface area contributed by atoms with Crippen LogP contribution in [-0.2, 0) is 5.41 Å². The number of anilines is 3. The van der Waals surface area contributed by atoms with Gasteiger partial charge in [0.2, 0.25) is 0 Å². The van der Waals surface area contributed by atoms with Crippen molar-refractivity contribution < 1.29 is 0 Å². The van der Waals surface area contributed by atoms with Crippen LogP contribution < -0.4 is 4.90 Å². The highest BCUT2D eigenvalue weighted by Crippen LogP contribution is 2.65. The Labute approximate surface area is 338 Å². The maximum absolute atomic E-state index is 2.50. The molecule has 12 rings (SSSR count). The first-order valence-electron chi connectivity index (χ1n) is 20.2. The molecule has 10 aromatic rings. The number of benzene rings is 10. The fourth-order valence-electron chi connectivity index (χ4n) is 10.3. The molecule has 10 aromatic carbocycles. The first kappa shape index (κ1) is 32.7. The van der Waals surface area contributed by atoms with E-state index in [1.54, 1.807) is 0 Å². The largest absolute Gasteiger partial charge is 0.310 e. The fraction of sp³-hybridized carbons (Fsp3) is 0.0175. The molecule has 2 aliphatic rings. The molecule has 0 bridgehead atoms. The predicted molar refractivity (Wildman–Crippen MR) is 243 cm³/mol. The van der Waals surface area contributed by atoms with Crippen molar-refractivity contribution in [1.29, 1.82) is 0 Å². The fourth-order valence-corrected chi connectivity index (χ4v) is 10.3. The second kappa shape index (κ2) is 12.8. The summed E-state index contributed by atoms with van der Waals surface area (Å²) in [5.41, 5.74) is 18.3. The van der Waals surface area contributed by atoms with Crippen LogP contribution in [0, 0.1) is 0 Å². The first-order chi connectivity index (χ1) is 28.8. The molecule has 0 unspecified atom stereocenters. The van der Waals surface area contributed by atoms with Crippen LogP contribution in [0.3, 0.4) is 0 Å². The highest BCUT2D eigenvalue weighted by Gasteiger charge is 2.53. The van der Waals surface area contributed by atoms with Gasteiger partial charge < -0.3 is 4.90 Å². The standard InChI is InChI=1S/C57H37N/c1-3-18-44-38(14-1)16-11-23-46(44)40-30-34-42(35-31-40)58(43-36-32-41(33-37-43)47-24-12-17-39-15-2-4-19-45(39)47)55-29-13-25-51-50-22-7-10-28-54(50)57(56(51)55)52-26-8-5-20-48(52)49-21-6-9-27-53(49)57/h1-37H. The van der Waals surface area contributed by atoms with Crippen LogP contribution in [0.25, 0.3) is 66.1 Å². The molecule has 1 spiro atoms. The van der Waals surface area contributed by atoms with Gasteiger partial charge in [0.05, 0.1) is 11.1 Å². The molecule has 0 atom stereocenters. The second-order valence-electron chi connectivity index (χ2n) is 15.6. The third-order valence-corrected chi connectivity index (χ3v) is 12.7. The molecule has 0 aliphatic heterocycles. The Morgan fingerprint density at radius 1 is 0.276 bits per heavy atom. The summed E-state index contributed by atoms with van der Waals surface area (Å²) in [6.45, 7) is 0. The Balaban J connectivity index is 1.10. The minimum Gasteiger partial charge on any atom is -0.310 e. The van der Waals surface area contributed by atoms with Gasteiger partial charge >= 0.3 is 0 Å². The molecule has 0 saturated carbocycles. The monoisotopic (exact) mass is 735 g/mol. The summed E-state index contributed by atoms with van der Waals surface area (Å²) in [6, 6.07) is 83.1. The number of nitrogens with zero attached hydrogens (tertiary/aromatic N) is 1. The molecule has 0 aromatic heterocycles. The van der Waals surface area contributed by atoms with E-state index in [1.807, 2.05) is 0 Å². The highest BCUT2D eigenvalue weighted by molar-refractivity contribution is 6.01. The predicted octanol–water partition coefficient (Wildman–Crippen LogP) is 15.1. The highest BCUT2D eigenvalue weighted by atomic mass is 15.1. The molecule has 0 saturated heterocycles. The third kappa shape index (κ3) is 4.65. The maximum Gasteiger partial charge on any atom is 0.0746 e. The normalized spacial score (nSPS) is 13.0. The SMILES string of the molecule is c1ccc2c(c1)-c1ccccc1C21c2ccccc2-c2cccc(N(c3ccc(-c4cccc5ccccc45)cc3)c3ccc(-c4cccc5ccccc45)cc3)c21. The lowest BCUT2D eigenvalue weighted by molar-refractivity contribution is 0.793. The number of rotatable bonds is 5. The quantitative estimate of drug-likeness (QED) is 0.170. The Kier molecular flexibility index (Phi) is 7.21. The van der Waals surface area contributed by atoms with Crippen LogP contribution in [-0.4, -0.2) is 0 Å². The van der Waals surface area contributed by atoms with Gasteiger partial charge in [0.1, 0.15) is 0 Å². The smallest absolute Gasteiger partial charge is 0.0746 e. The van der Waals surface area contributed by atoms with Crippen molar-refractivity contribution in [3.63, 3.8) is 0 Å². The van der Waals surface area contributed by atoms with Gasteiger partial charge in [-0.25, -0.2) is 0 Å². The van der Waals surface area contributed by atoms with E-state index in [1.165, 1.54) is 94.0 Å². The molecule has 1 nitrogen and oxygen atoms in total. The summed E-state index contributed by atoms with van der Waals surface area (Å²) in [5.74, 6) is 0. The van der Waals surface area contributed by atoms with Crippen molar-refractivity contribution >= 4 is 38.6 Å². The zero-order chi connectivity index (χ0) is 38.2. The summed E-state index contributed by atoms with van der Waals surface area (Å²) in [7, 11) is 0. The van der Waals surface area contributed by atoms with Gasteiger partial charge in [-0.15, -0.1) is 0 Å². The lowest BCUT2D eigenvalue weighted by Crippen LogP contribution is -2.28. The third-order valence-electron chi connectivity index (χ3n) is 12.7. The molecule has 0 N–H and O–H groups in total. The molecule has 0 heterocycles. The van der Waals surface area contributed by atoms with E-state index in [4.69, 9.17) is 0 Å². The number of fused-ring (bicyclic) bond motifs is 12. The molecule has 0 amide bonds. The number of hydrogen-bond donors (Lipinski definition) is 0. The average Bonchev–Trinajstić information content (AvgIpc) is 3.77. The Bertz CT molecular complexity index is 3030. The molecule has 0 radical (unpaired) electrons. The zero-order valence-electron chi connectivity index (χ0n) is 31.8. The van der Waals surface area contributed by atoms with Crippen LogP contribution >= 0.6 is 0 Å². The van der Waals surface area contributed by atoms with E-state index in [0.717, 1.165) is 11.4 Å². The Morgan fingerprint density at radius 3 is 1.14 bits per heavy atom. The van der Waals surface area contributed by atoms with Gasteiger partial charge in [-0.05, 0) is 113 Å². The van der Waals surface area contributed by atoms with Gasteiger partial charge in [0, 0.05) is 16.9 Å². The van der Waals surface area contributed by atoms with E-state index >= 15 is 0 Å². The molecular formula is C57H37N. The van der Waals surface area contributed by atoms with Crippen LogP contribution in [0.4, 0.5) is 17.1 Å². The van der Waals surface area contributed by atoms with E-state index in [2.05, 4.69) is 229 Å². The summed E-state index contributed by atoms with van der Waals surface area (Å²) >= 11 is 0. The maximum atomic E-state index is 2.50. The van der Waals surface area contributed by atoms with E-state index < -0.39 is 5.41 Å².